The highest BCUT2D eigenvalue weighted by molar-refractivity contribution is 14.2. The van der Waals surface area contributed by atoms with Crippen molar-refractivity contribution < 1.29 is 14.3 Å². The Labute approximate surface area is 288 Å². The molecule has 0 aliphatic heterocycles. The number of amides is 2. The lowest BCUT2D eigenvalue weighted by Crippen LogP contribution is -2.39. The number of hydrogen-bond donors (Lipinski definition) is 4. The van der Waals surface area contributed by atoms with Gasteiger partial charge >= 0.3 is 6.09 Å². The maximum Gasteiger partial charge on any atom is 0.410 e. The van der Waals surface area contributed by atoms with E-state index in [-0.39, 0.29) is 31.1 Å². The maximum absolute atomic E-state index is 13.1. The molecule has 1 atom stereocenters. The highest BCUT2D eigenvalue weighted by atomic mass is 127. The molecule has 4 N–H and O–H groups in total. The fourth-order valence-electron chi connectivity index (χ4n) is 4.73. The minimum atomic E-state index is -0.681. The third-order valence-corrected chi connectivity index (χ3v) is 9.17. The van der Waals surface area contributed by atoms with E-state index in [1.165, 1.54) is 4.90 Å². The van der Waals surface area contributed by atoms with Crippen LogP contribution in [0, 0.1) is 10.8 Å². The quantitative estimate of drug-likeness (QED) is 0.0447. The third kappa shape index (κ3) is 9.73. The third-order valence-electron chi connectivity index (χ3n) is 6.97. The van der Waals surface area contributed by atoms with E-state index in [0.717, 1.165) is 39.5 Å². The number of hydrogen-bond acceptors (Lipinski definition) is 7. The van der Waals surface area contributed by atoms with Gasteiger partial charge in [-0.15, -0.1) is 0 Å². The molecule has 242 valence electrons. The molecule has 4 rings (SSSR count). The number of nitrogens with one attached hydrogen (secondary N) is 4. The van der Waals surface area contributed by atoms with E-state index in [0.29, 0.717) is 36.5 Å². The molecule has 1 unspecified atom stereocenters. The molecule has 0 radical (unpaired) electrons. The number of anilines is 1. The molecule has 0 aliphatic rings. The summed E-state index contributed by atoms with van der Waals surface area (Å²) in [4.78, 5) is 27.4. The van der Waals surface area contributed by atoms with Gasteiger partial charge in [-0.3, -0.25) is 10.2 Å². The van der Waals surface area contributed by atoms with Crippen molar-refractivity contribution in [1.82, 2.24) is 19.8 Å². The molecule has 0 spiro atoms. The van der Waals surface area contributed by atoms with Gasteiger partial charge in [0.15, 0.2) is 0 Å². The van der Waals surface area contributed by atoms with Crippen molar-refractivity contribution >= 4 is 80.5 Å². The lowest BCUT2D eigenvalue weighted by atomic mass is 10.0. The van der Waals surface area contributed by atoms with E-state index in [2.05, 4.69) is 37.8 Å². The summed E-state index contributed by atoms with van der Waals surface area (Å²) < 4.78 is 7.51. The van der Waals surface area contributed by atoms with Crippen LogP contribution < -0.4 is 10.6 Å². The molecule has 0 saturated carbocycles. The van der Waals surface area contributed by atoms with Gasteiger partial charge in [-0.05, 0) is 78.6 Å². The Morgan fingerprint density at radius 3 is 2.57 bits per heavy atom. The normalized spacial score (nSPS) is 11.5. The molecular weight excluding hydrogens is 736 g/mol. The van der Waals surface area contributed by atoms with Crippen LogP contribution in [0.1, 0.15) is 44.7 Å². The van der Waals surface area contributed by atoms with Crippen molar-refractivity contribution in [3.63, 3.8) is 0 Å². The average molecular weight is 774 g/mol. The Bertz CT molecular complexity index is 1710. The van der Waals surface area contributed by atoms with Crippen molar-refractivity contribution in [3.05, 3.63) is 83.0 Å². The van der Waals surface area contributed by atoms with E-state index >= 15 is 0 Å². The van der Waals surface area contributed by atoms with Gasteiger partial charge in [-0.2, -0.15) is 5.10 Å². The number of carbonyl (C=O) groups is 2. The van der Waals surface area contributed by atoms with Crippen molar-refractivity contribution in [2.24, 2.45) is 0 Å². The molecule has 0 aliphatic carbocycles. The first-order valence-electron chi connectivity index (χ1n) is 14.8. The predicted molar refractivity (Wildman–Crippen MR) is 197 cm³/mol. The van der Waals surface area contributed by atoms with Crippen LogP contribution in [0.5, 0.6) is 0 Å². The lowest BCUT2D eigenvalue weighted by Gasteiger charge is -2.27. The van der Waals surface area contributed by atoms with E-state index in [1.54, 1.807) is 6.20 Å². The average Bonchev–Trinajstić information content (AvgIpc) is 3.45. The standard InChI is InChI=1S/C33H38ClIN7O3P/c1-33(2,3)45-32(44)41(21-22-10-11-25(27(34)16-22)23-8-5-4-6-9-23)15-12-31(43)39-14-7-13-38-29-17-24(28(37)19-36)18-30-26(29)20-40-42(30)46-35/h4-6,8-11,16-20,36-38,46H,7,12-15,21H2,1-3H3,(H,39,43). The number of carbonyl (C=O) groups excluding carboxylic acids is 2. The first kappa shape index (κ1) is 35.3. The Morgan fingerprint density at radius 1 is 1.13 bits per heavy atom. The van der Waals surface area contributed by atoms with Crippen LogP contribution in [0.4, 0.5) is 10.5 Å². The van der Waals surface area contributed by atoms with Gasteiger partial charge in [0, 0.05) is 66.0 Å². The Morgan fingerprint density at radius 2 is 1.89 bits per heavy atom. The summed E-state index contributed by atoms with van der Waals surface area (Å²) in [5.74, 6) is -0.167. The van der Waals surface area contributed by atoms with Crippen LogP contribution in [0.3, 0.4) is 0 Å². The minimum absolute atomic E-state index is 0.118. The monoisotopic (exact) mass is 773 g/mol. The van der Waals surface area contributed by atoms with Gasteiger partial charge in [-0.1, -0.05) is 54.1 Å². The molecule has 0 bridgehead atoms. The Hall–Kier alpha value is -3.54. The topological polar surface area (TPSA) is 136 Å². The van der Waals surface area contributed by atoms with Gasteiger partial charge in [0.1, 0.15) is 5.60 Å². The fraction of sp³-hybridized carbons (Fsp3) is 0.303. The van der Waals surface area contributed by atoms with E-state index < -0.39 is 11.7 Å². The highest BCUT2D eigenvalue weighted by Crippen LogP contribution is 2.33. The molecule has 2 amide bonds. The summed E-state index contributed by atoms with van der Waals surface area (Å²) in [6.45, 7) is 6.89. The SMILES string of the molecule is CC(C)(C)OC(=O)N(CCC(=O)NCCCNc1cc(C(=N)C=N)cc2c1cnn2PI)Cc1ccc(-c2ccccc2)c(Cl)c1. The molecule has 10 nitrogen and oxygen atoms in total. The molecule has 3 aromatic carbocycles. The summed E-state index contributed by atoms with van der Waals surface area (Å²) in [6.07, 6.45) is 3.50. The summed E-state index contributed by atoms with van der Waals surface area (Å²) in [7, 11) is 0. The second kappa shape index (κ2) is 16.3. The first-order valence-corrected chi connectivity index (χ1v) is 19.2. The molecule has 4 aromatic rings. The molecule has 0 fully saturated rings. The van der Waals surface area contributed by atoms with Gasteiger partial charge < -0.3 is 25.7 Å². The second-order valence-corrected chi connectivity index (χ2v) is 14.1. The van der Waals surface area contributed by atoms with Crippen LogP contribution in [-0.4, -0.2) is 63.6 Å². The summed E-state index contributed by atoms with van der Waals surface area (Å²) in [5.41, 5.74) is 4.55. The van der Waals surface area contributed by atoms with Gasteiger partial charge in [0.05, 0.1) is 23.8 Å². The smallest absolute Gasteiger partial charge is 0.410 e. The van der Waals surface area contributed by atoms with E-state index in [9.17, 15) is 9.59 Å². The Kier molecular flexibility index (Phi) is 12.5. The van der Waals surface area contributed by atoms with Crippen LogP contribution in [0.25, 0.3) is 22.0 Å². The van der Waals surface area contributed by atoms with Crippen molar-refractivity contribution in [3.8, 4) is 11.1 Å². The number of ether oxygens (including phenoxy) is 1. The number of aromatic nitrogens is 2. The molecule has 13 heteroatoms. The molecule has 1 heterocycles. The van der Waals surface area contributed by atoms with Crippen LogP contribution in [0.2, 0.25) is 5.02 Å². The van der Waals surface area contributed by atoms with Gasteiger partial charge in [0.25, 0.3) is 0 Å². The van der Waals surface area contributed by atoms with Crippen molar-refractivity contribution in [1.29, 1.82) is 10.8 Å². The molecule has 46 heavy (non-hydrogen) atoms. The van der Waals surface area contributed by atoms with Crippen molar-refractivity contribution in [2.75, 3.05) is 25.0 Å². The predicted octanol–water partition coefficient (Wildman–Crippen LogP) is 7.91. The minimum Gasteiger partial charge on any atom is -0.444 e. The zero-order valence-corrected chi connectivity index (χ0v) is 29.9. The molecule has 1 aromatic heterocycles. The summed E-state index contributed by atoms with van der Waals surface area (Å²) >= 11 is 8.88. The molecular formula is C33H38ClIN7O3P. The molecule has 0 saturated heterocycles. The Balaban J connectivity index is 1.32. The van der Waals surface area contributed by atoms with Crippen LogP contribution in [-0.2, 0) is 16.1 Å². The van der Waals surface area contributed by atoms with E-state index in [4.69, 9.17) is 27.2 Å². The van der Waals surface area contributed by atoms with Crippen LogP contribution in [0.15, 0.2) is 66.9 Å². The number of fused-ring (bicyclic) bond motifs is 1. The number of benzene rings is 3. The van der Waals surface area contributed by atoms with Gasteiger partial charge in [-0.25, -0.2) is 9.25 Å². The lowest BCUT2D eigenvalue weighted by molar-refractivity contribution is -0.121. The number of rotatable bonds is 14. The first-order chi connectivity index (χ1) is 22.0. The second-order valence-electron chi connectivity index (χ2n) is 11.6. The number of halogens is 2. The zero-order valence-electron chi connectivity index (χ0n) is 26.0. The van der Waals surface area contributed by atoms with E-state index in [1.807, 2.05) is 85.9 Å². The van der Waals surface area contributed by atoms with Crippen LogP contribution >= 0.6 is 40.0 Å². The zero-order chi connectivity index (χ0) is 33.3. The summed E-state index contributed by atoms with van der Waals surface area (Å²) in [6, 6.07) is 19.3. The fourth-order valence-corrected chi connectivity index (χ4v) is 6.58. The highest BCUT2D eigenvalue weighted by Gasteiger charge is 2.23. The maximum atomic E-state index is 13.1. The largest absolute Gasteiger partial charge is 0.444 e. The summed E-state index contributed by atoms with van der Waals surface area (Å²) in [5, 5.41) is 27.9. The number of nitrogens with zero attached hydrogens (tertiary/aromatic N) is 3. The van der Waals surface area contributed by atoms with Gasteiger partial charge in [0.2, 0.25) is 5.91 Å². The van der Waals surface area contributed by atoms with Crippen molar-refractivity contribution in [2.45, 2.75) is 45.8 Å².